The fourth-order valence-corrected chi connectivity index (χ4v) is 2.80. The van der Waals surface area contributed by atoms with Crippen molar-refractivity contribution in [3.05, 3.63) is 0 Å². The summed E-state index contributed by atoms with van der Waals surface area (Å²) in [7, 11) is 2.10. The Balaban J connectivity index is 2.39. The first-order valence-corrected chi connectivity index (χ1v) is 7.67. The number of primary amides is 1. The van der Waals surface area contributed by atoms with E-state index < -0.39 is 5.54 Å². The average molecular weight is 285 g/mol. The van der Waals surface area contributed by atoms with Crippen molar-refractivity contribution in [3.63, 3.8) is 0 Å². The third kappa shape index (κ3) is 5.77. The number of amides is 1. The molecule has 2 atom stereocenters. The molecule has 1 saturated heterocycles. The smallest absolute Gasteiger partial charge is 0.237 e. The van der Waals surface area contributed by atoms with E-state index in [-0.39, 0.29) is 11.9 Å². The number of nitrogens with one attached hydrogen (secondary N) is 1. The maximum Gasteiger partial charge on any atom is 0.237 e. The maximum absolute atomic E-state index is 11.7. The van der Waals surface area contributed by atoms with Crippen molar-refractivity contribution in [2.24, 2.45) is 11.7 Å². The van der Waals surface area contributed by atoms with Crippen LogP contribution in [0.2, 0.25) is 0 Å². The second-order valence-corrected chi connectivity index (χ2v) is 6.59. The number of carbonyl (C=O) groups excluding carboxylic acids is 1. The largest absolute Gasteiger partial charge is 0.381 e. The molecule has 5 heteroatoms. The third-order valence-electron chi connectivity index (χ3n) is 3.97. The minimum Gasteiger partial charge on any atom is -0.381 e. The second kappa shape index (κ2) is 7.96. The normalized spacial score (nSPS) is 23.0. The molecule has 0 aromatic heterocycles. The standard InChI is InChI=1S/C15H31N3O2/c1-12(2)17-15(3,14(16)19)7-8-18(4)10-13-6-5-9-20-11-13/h12-13,17H,5-11H2,1-4H3,(H2,16,19). The van der Waals surface area contributed by atoms with Crippen LogP contribution in [0.25, 0.3) is 0 Å². The van der Waals surface area contributed by atoms with Gasteiger partial charge >= 0.3 is 0 Å². The van der Waals surface area contributed by atoms with E-state index >= 15 is 0 Å². The molecule has 20 heavy (non-hydrogen) atoms. The molecule has 0 aromatic carbocycles. The third-order valence-corrected chi connectivity index (χ3v) is 3.97. The fourth-order valence-electron chi connectivity index (χ4n) is 2.80. The molecule has 0 saturated carbocycles. The van der Waals surface area contributed by atoms with Crippen molar-refractivity contribution in [3.8, 4) is 0 Å². The molecule has 118 valence electrons. The van der Waals surface area contributed by atoms with E-state index in [4.69, 9.17) is 10.5 Å². The van der Waals surface area contributed by atoms with Gasteiger partial charge in [0.15, 0.2) is 0 Å². The summed E-state index contributed by atoms with van der Waals surface area (Å²) in [5, 5.41) is 3.29. The highest BCUT2D eigenvalue weighted by Crippen LogP contribution is 2.16. The summed E-state index contributed by atoms with van der Waals surface area (Å²) in [6.07, 6.45) is 3.12. The molecular formula is C15H31N3O2. The van der Waals surface area contributed by atoms with E-state index in [9.17, 15) is 4.79 Å². The Morgan fingerprint density at radius 2 is 2.25 bits per heavy atom. The van der Waals surface area contributed by atoms with Gasteiger partial charge in [0.05, 0.1) is 12.1 Å². The van der Waals surface area contributed by atoms with Crippen LogP contribution in [-0.2, 0) is 9.53 Å². The molecule has 2 unspecified atom stereocenters. The van der Waals surface area contributed by atoms with Crippen LogP contribution >= 0.6 is 0 Å². The molecule has 3 N–H and O–H groups in total. The van der Waals surface area contributed by atoms with Crippen LogP contribution in [0.4, 0.5) is 0 Å². The van der Waals surface area contributed by atoms with Gasteiger partial charge in [-0.3, -0.25) is 4.79 Å². The SMILES string of the molecule is CC(C)NC(C)(CCN(C)CC1CCCOC1)C(N)=O. The first-order chi connectivity index (χ1) is 9.33. The molecule has 0 radical (unpaired) electrons. The minimum atomic E-state index is -0.633. The summed E-state index contributed by atoms with van der Waals surface area (Å²) < 4.78 is 5.51. The average Bonchev–Trinajstić information content (AvgIpc) is 2.36. The number of nitrogens with two attached hydrogens (primary N) is 1. The molecule has 1 aliphatic heterocycles. The second-order valence-electron chi connectivity index (χ2n) is 6.59. The minimum absolute atomic E-state index is 0.240. The zero-order valence-corrected chi connectivity index (χ0v) is 13.4. The summed E-state index contributed by atoms with van der Waals surface area (Å²) in [4.78, 5) is 14.0. The molecular weight excluding hydrogens is 254 g/mol. The van der Waals surface area contributed by atoms with Crippen molar-refractivity contribution in [2.45, 2.75) is 51.6 Å². The van der Waals surface area contributed by atoms with Gasteiger partial charge in [-0.15, -0.1) is 0 Å². The monoisotopic (exact) mass is 285 g/mol. The van der Waals surface area contributed by atoms with Gasteiger partial charge in [-0.1, -0.05) is 0 Å². The van der Waals surface area contributed by atoms with E-state index in [1.807, 2.05) is 20.8 Å². The lowest BCUT2D eigenvalue weighted by Gasteiger charge is -2.33. The quantitative estimate of drug-likeness (QED) is 0.697. The van der Waals surface area contributed by atoms with Crippen molar-refractivity contribution in [1.82, 2.24) is 10.2 Å². The Morgan fingerprint density at radius 1 is 1.55 bits per heavy atom. The van der Waals surface area contributed by atoms with E-state index in [1.165, 1.54) is 6.42 Å². The van der Waals surface area contributed by atoms with Gasteiger partial charge in [-0.05, 0) is 53.0 Å². The van der Waals surface area contributed by atoms with Crippen LogP contribution in [-0.4, -0.2) is 55.7 Å². The van der Waals surface area contributed by atoms with Gasteiger partial charge < -0.3 is 20.7 Å². The highest BCUT2D eigenvalue weighted by molar-refractivity contribution is 5.84. The van der Waals surface area contributed by atoms with E-state index in [0.717, 1.165) is 39.1 Å². The summed E-state index contributed by atoms with van der Waals surface area (Å²) in [5.41, 5.74) is 4.92. The van der Waals surface area contributed by atoms with E-state index in [1.54, 1.807) is 0 Å². The number of nitrogens with zero attached hydrogens (tertiary/aromatic N) is 1. The molecule has 0 spiro atoms. The molecule has 1 aliphatic rings. The highest BCUT2D eigenvalue weighted by atomic mass is 16.5. The Bertz CT molecular complexity index is 303. The van der Waals surface area contributed by atoms with Gasteiger partial charge in [0.2, 0.25) is 5.91 Å². The predicted octanol–water partition coefficient (Wildman–Crippen LogP) is 0.977. The lowest BCUT2D eigenvalue weighted by Crippen LogP contribution is -2.56. The van der Waals surface area contributed by atoms with Crippen LogP contribution < -0.4 is 11.1 Å². The first kappa shape index (κ1) is 17.4. The maximum atomic E-state index is 11.7. The number of hydrogen-bond acceptors (Lipinski definition) is 4. The molecule has 0 bridgehead atoms. The molecule has 1 amide bonds. The van der Waals surface area contributed by atoms with E-state index in [0.29, 0.717) is 5.92 Å². The summed E-state index contributed by atoms with van der Waals surface area (Å²) in [6.45, 7) is 9.60. The Labute approximate surface area is 123 Å². The molecule has 0 aliphatic carbocycles. The number of hydrogen-bond donors (Lipinski definition) is 2. The molecule has 1 fully saturated rings. The van der Waals surface area contributed by atoms with Gasteiger partial charge in [0, 0.05) is 25.7 Å². The highest BCUT2D eigenvalue weighted by Gasteiger charge is 2.31. The fraction of sp³-hybridized carbons (Fsp3) is 0.933. The molecule has 1 rings (SSSR count). The lowest BCUT2D eigenvalue weighted by atomic mass is 9.95. The van der Waals surface area contributed by atoms with Gasteiger partial charge in [0.25, 0.3) is 0 Å². The van der Waals surface area contributed by atoms with Crippen molar-refractivity contribution >= 4 is 5.91 Å². The van der Waals surface area contributed by atoms with Crippen LogP contribution in [0.3, 0.4) is 0 Å². The Hall–Kier alpha value is -0.650. The molecule has 5 nitrogen and oxygen atoms in total. The predicted molar refractivity (Wildman–Crippen MR) is 81.5 cm³/mol. The topological polar surface area (TPSA) is 67.6 Å². The zero-order valence-electron chi connectivity index (χ0n) is 13.4. The van der Waals surface area contributed by atoms with Crippen LogP contribution in [0.1, 0.15) is 40.0 Å². The Kier molecular flexibility index (Phi) is 6.92. The first-order valence-electron chi connectivity index (χ1n) is 7.67. The van der Waals surface area contributed by atoms with Crippen molar-refractivity contribution in [2.75, 3.05) is 33.4 Å². The lowest BCUT2D eigenvalue weighted by molar-refractivity contribution is -0.124. The van der Waals surface area contributed by atoms with E-state index in [2.05, 4.69) is 17.3 Å². The van der Waals surface area contributed by atoms with Crippen molar-refractivity contribution in [1.29, 1.82) is 0 Å². The summed E-state index contributed by atoms with van der Waals surface area (Å²) >= 11 is 0. The van der Waals surface area contributed by atoms with Crippen LogP contribution in [0, 0.1) is 5.92 Å². The van der Waals surface area contributed by atoms with Gasteiger partial charge in [0.1, 0.15) is 0 Å². The van der Waals surface area contributed by atoms with Gasteiger partial charge in [-0.25, -0.2) is 0 Å². The number of ether oxygens (including phenoxy) is 1. The van der Waals surface area contributed by atoms with Crippen molar-refractivity contribution < 1.29 is 9.53 Å². The zero-order chi connectivity index (χ0) is 15.2. The molecule has 0 aromatic rings. The van der Waals surface area contributed by atoms with Crippen LogP contribution in [0.15, 0.2) is 0 Å². The summed E-state index contributed by atoms with van der Waals surface area (Å²) in [5.74, 6) is 0.340. The summed E-state index contributed by atoms with van der Waals surface area (Å²) in [6, 6.07) is 0.240. The Morgan fingerprint density at radius 3 is 2.75 bits per heavy atom. The number of rotatable bonds is 8. The number of carbonyl (C=O) groups is 1. The van der Waals surface area contributed by atoms with Gasteiger partial charge in [-0.2, -0.15) is 0 Å². The van der Waals surface area contributed by atoms with Crippen LogP contribution in [0.5, 0.6) is 0 Å². The molecule has 1 heterocycles.